The minimum absolute atomic E-state index is 1.04. The van der Waals surface area contributed by atoms with Crippen LogP contribution < -0.4 is 0 Å². The van der Waals surface area contributed by atoms with Crippen LogP contribution in [-0.2, 0) is 0 Å². The van der Waals surface area contributed by atoms with Crippen LogP contribution in [0.2, 0.25) is 0 Å². The summed E-state index contributed by atoms with van der Waals surface area (Å²) in [5.41, 5.74) is 4.79. The Bertz CT molecular complexity index is 693. The summed E-state index contributed by atoms with van der Waals surface area (Å²) in [4.78, 5) is 4.56. The molecular formula is C17H15N. The lowest BCUT2D eigenvalue weighted by atomic mass is 10.0. The van der Waals surface area contributed by atoms with E-state index in [0.717, 1.165) is 5.69 Å². The summed E-state index contributed by atoms with van der Waals surface area (Å²) in [6, 6.07) is 17.0. The van der Waals surface area contributed by atoms with Crippen LogP contribution in [0.3, 0.4) is 0 Å². The van der Waals surface area contributed by atoms with E-state index in [2.05, 4.69) is 61.3 Å². The van der Waals surface area contributed by atoms with E-state index in [-0.39, 0.29) is 0 Å². The van der Waals surface area contributed by atoms with Gasteiger partial charge in [-0.05, 0) is 37.4 Å². The largest absolute Gasteiger partial charge is 0.256 e. The zero-order chi connectivity index (χ0) is 12.5. The predicted octanol–water partition coefficient (Wildman–Crippen LogP) is 4.52. The van der Waals surface area contributed by atoms with E-state index < -0.39 is 0 Å². The number of hydrogen-bond acceptors (Lipinski definition) is 1. The maximum atomic E-state index is 4.56. The molecule has 0 aliphatic heterocycles. The second-order valence-electron chi connectivity index (χ2n) is 4.79. The molecule has 0 saturated carbocycles. The summed E-state index contributed by atoms with van der Waals surface area (Å²) in [6.07, 6.45) is 1.95. The Morgan fingerprint density at radius 3 is 2.17 bits per heavy atom. The monoisotopic (exact) mass is 233 g/mol. The van der Waals surface area contributed by atoms with Crippen LogP contribution in [0.4, 0.5) is 0 Å². The van der Waals surface area contributed by atoms with E-state index in [9.17, 15) is 0 Å². The fraction of sp³-hybridized carbons (Fsp3) is 0.118. The van der Waals surface area contributed by atoms with Crippen molar-refractivity contribution in [2.45, 2.75) is 13.8 Å². The Hall–Kier alpha value is -2.15. The Balaban J connectivity index is 2.19. The SMILES string of the molecule is Cc1cc(C)cc(-c2cc3ccccc3cn2)c1. The minimum atomic E-state index is 1.04. The molecular weight excluding hydrogens is 218 g/mol. The van der Waals surface area contributed by atoms with E-state index in [4.69, 9.17) is 0 Å². The molecule has 0 unspecified atom stereocenters. The van der Waals surface area contributed by atoms with Crippen molar-refractivity contribution in [2.75, 3.05) is 0 Å². The van der Waals surface area contributed by atoms with Crippen LogP contribution in [-0.4, -0.2) is 4.98 Å². The van der Waals surface area contributed by atoms with E-state index in [1.165, 1.54) is 27.5 Å². The first kappa shape index (κ1) is 11.0. The number of aryl methyl sites for hydroxylation is 2. The van der Waals surface area contributed by atoms with Gasteiger partial charge >= 0.3 is 0 Å². The Morgan fingerprint density at radius 2 is 1.44 bits per heavy atom. The lowest BCUT2D eigenvalue weighted by Crippen LogP contribution is -1.86. The average molecular weight is 233 g/mol. The standard InChI is InChI=1S/C17H15N/c1-12-7-13(2)9-16(8-12)17-10-14-5-3-4-6-15(14)11-18-17/h3-11H,1-2H3. The van der Waals surface area contributed by atoms with E-state index in [1.54, 1.807) is 0 Å². The quantitative estimate of drug-likeness (QED) is 0.602. The number of benzene rings is 2. The summed E-state index contributed by atoms with van der Waals surface area (Å²) in [7, 11) is 0. The van der Waals surface area contributed by atoms with E-state index >= 15 is 0 Å². The van der Waals surface area contributed by atoms with Crippen LogP contribution in [0, 0.1) is 13.8 Å². The third-order valence-corrected chi connectivity index (χ3v) is 3.15. The molecule has 1 nitrogen and oxygen atoms in total. The maximum Gasteiger partial charge on any atom is 0.0708 e. The van der Waals surface area contributed by atoms with Crippen molar-refractivity contribution >= 4 is 10.8 Å². The molecule has 0 atom stereocenters. The summed E-state index contributed by atoms with van der Waals surface area (Å²) >= 11 is 0. The average Bonchev–Trinajstić information content (AvgIpc) is 2.37. The molecule has 0 bridgehead atoms. The van der Waals surface area contributed by atoms with Gasteiger partial charge in [0.2, 0.25) is 0 Å². The van der Waals surface area contributed by atoms with E-state index in [0.29, 0.717) is 0 Å². The van der Waals surface area contributed by atoms with Gasteiger partial charge in [0, 0.05) is 17.1 Å². The van der Waals surface area contributed by atoms with Crippen LogP contribution in [0.1, 0.15) is 11.1 Å². The molecule has 0 fully saturated rings. The zero-order valence-corrected chi connectivity index (χ0v) is 10.6. The first-order valence-electron chi connectivity index (χ1n) is 6.16. The third kappa shape index (κ3) is 2.00. The second kappa shape index (κ2) is 4.26. The number of pyridine rings is 1. The minimum Gasteiger partial charge on any atom is -0.256 e. The van der Waals surface area contributed by atoms with Gasteiger partial charge in [0.25, 0.3) is 0 Å². The molecule has 0 radical (unpaired) electrons. The van der Waals surface area contributed by atoms with Crippen molar-refractivity contribution in [3.8, 4) is 11.3 Å². The number of hydrogen-bond donors (Lipinski definition) is 0. The molecule has 88 valence electrons. The molecule has 1 aromatic heterocycles. The number of rotatable bonds is 1. The van der Waals surface area contributed by atoms with Crippen molar-refractivity contribution in [1.82, 2.24) is 4.98 Å². The first-order chi connectivity index (χ1) is 8.72. The van der Waals surface area contributed by atoms with Gasteiger partial charge < -0.3 is 0 Å². The Morgan fingerprint density at radius 1 is 0.778 bits per heavy atom. The molecule has 0 aliphatic rings. The molecule has 18 heavy (non-hydrogen) atoms. The molecule has 3 rings (SSSR count). The molecule has 3 aromatic rings. The van der Waals surface area contributed by atoms with Crippen LogP contribution in [0.25, 0.3) is 22.0 Å². The van der Waals surface area contributed by atoms with Crippen molar-refractivity contribution in [1.29, 1.82) is 0 Å². The van der Waals surface area contributed by atoms with Crippen molar-refractivity contribution in [3.05, 3.63) is 65.9 Å². The fourth-order valence-electron chi connectivity index (χ4n) is 2.36. The van der Waals surface area contributed by atoms with Gasteiger partial charge in [-0.15, -0.1) is 0 Å². The lowest BCUT2D eigenvalue weighted by molar-refractivity contribution is 1.32. The van der Waals surface area contributed by atoms with Crippen LogP contribution in [0.5, 0.6) is 0 Å². The lowest BCUT2D eigenvalue weighted by Gasteiger charge is -2.06. The third-order valence-electron chi connectivity index (χ3n) is 3.15. The normalized spacial score (nSPS) is 10.8. The number of aromatic nitrogens is 1. The van der Waals surface area contributed by atoms with Gasteiger partial charge in [0.15, 0.2) is 0 Å². The highest BCUT2D eigenvalue weighted by Crippen LogP contribution is 2.23. The summed E-state index contributed by atoms with van der Waals surface area (Å²) in [5.74, 6) is 0. The van der Waals surface area contributed by atoms with Gasteiger partial charge in [-0.25, -0.2) is 0 Å². The highest BCUT2D eigenvalue weighted by atomic mass is 14.7. The molecule has 0 N–H and O–H groups in total. The van der Waals surface area contributed by atoms with Gasteiger partial charge in [-0.1, -0.05) is 41.5 Å². The molecule has 1 heteroatoms. The zero-order valence-electron chi connectivity index (χ0n) is 10.6. The molecule has 2 aromatic carbocycles. The Kier molecular flexibility index (Phi) is 2.60. The highest BCUT2D eigenvalue weighted by molar-refractivity contribution is 5.85. The summed E-state index contributed by atoms with van der Waals surface area (Å²) in [6.45, 7) is 4.25. The molecule has 0 spiro atoms. The van der Waals surface area contributed by atoms with Gasteiger partial charge in [-0.3, -0.25) is 4.98 Å². The van der Waals surface area contributed by atoms with Crippen molar-refractivity contribution in [2.24, 2.45) is 0 Å². The maximum absolute atomic E-state index is 4.56. The van der Waals surface area contributed by atoms with Crippen molar-refractivity contribution in [3.63, 3.8) is 0 Å². The van der Waals surface area contributed by atoms with Gasteiger partial charge in [0.05, 0.1) is 5.69 Å². The number of nitrogens with zero attached hydrogens (tertiary/aromatic N) is 1. The topological polar surface area (TPSA) is 12.9 Å². The van der Waals surface area contributed by atoms with E-state index in [1.807, 2.05) is 12.3 Å². The smallest absolute Gasteiger partial charge is 0.0708 e. The predicted molar refractivity (Wildman–Crippen MR) is 76.7 cm³/mol. The van der Waals surface area contributed by atoms with Gasteiger partial charge in [0.1, 0.15) is 0 Å². The molecule has 0 amide bonds. The molecule has 0 saturated heterocycles. The summed E-state index contributed by atoms with van der Waals surface area (Å²) < 4.78 is 0. The molecule has 0 aliphatic carbocycles. The van der Waals surface area contributed by atoms with Gasteiger partial charge in [-0.2, -0.15) is 0 Å². The Labute approximate surface area is 107 Å². The summed E-state index contributed by atoms with van der Waals surface area (Å²) in [5, 5.41) is 2.42. The van der Waals surface area contributed by atoms with Crippen molar-refractivity contribution < 1.29 is 0 Å². The highest BCUT2D eigenvalue weighted by Gasteiger charge is 2.02. The number of fused-ring (bicyclic) bond motifs is 1. The first-order valence-corrected chi connectivity index (χ1v) is 6.16. The fourth-order valence-corrected chi connectivity index (χ4v) is 2.36. The molecule has 1 heterocycles. The second-order valence-corrected chi connectivity index (χ2v) is 4.79. The van der Waals surface area contributed by atoms with Crippen LogP contribution >= 0.6 is 0 Å². The van der Waals surface area contributed by atoms with Crippen LogP contribution in [0.15, 0.2) is 54.7 Å².